The molecule has 18 nitrogen and oxygen atoms in total. The van der Waals surface area contributed by atoms with Crippen LogP contribution in [0.25, 0.3) is 33.5 Å². The number of halogens is 7. The molecule has 5 aromatic rings. The first kappa shape index (κ1) is 51.3. The zero-order valence-corrected chi connectivity index (χ0v) is 40.2. The summed E-state index contributed by atoms with van der Waals surface area (Å²) < 4.78 is 104. The summed E-state index contributed by atoms with van der Waals surface area (Å²) in [5, 5.41) is 2.84. The van der Waals surface area contributed by atoms with Crippen molar-refractivity contribution in [2.45, 2.75) is 76.9 Å². The number of likely N-dealkylation sites (N-methyl/N-ethyl adjacent to an activating group) is 1. The first-order chi connectivity index (χ1) is 34.1. The number of nitrogens with two attached hydrogens (primary N) is 2. The maximum Gasteiger partial charge on any atom is 0.418 e. The highest BCUT2D eigenvalue weighted by Crippen LogP contribution is 2.45. The van der Waals surface area contributed by atoms with Crippen molar-refractivity contribution in [3.05, 3.63) is 71.2 Å². The Hall–Kier alpha value is -7.08. The number of primary amides is 1. The number of cyclic esters (lactones) is 1. The van der Waals surface area contributed by atoms with Crippen molar-refractivity contribution in [2.75, 3.05) is 73.9 Å². The fourth-order valence-electron chi connectivity index (χ4n) is 9.14. The number of carbonyl (C=O) groups excluding carboxylic acids is 3. The Balaban J connectivity index is 0.000000208. The summed E-state index contributed by atoms with van der Waals surface area (Å²) in [6, 6.07) is 5.38. The zero-order valence-electron chi connectivity index (χ0n) is 39.5. The van der Waals surface area contributed by atoms with Gasteiger partial charge in [-0.1, -0.05) is 18.2 Å². The van der Waals surface area contributed by atoms with Crippen molar-refractivity contribution < 1.29 is 54.9 Å². The SMILES string of the molecule is C=CC(=O)N1CCN(c2nc(OCC3CCCN3C)nc3c(F)c(-c4nc(N)cc(C)c4C(F)(F)F)c(Cl)cc23)C(C)C1.CC(Nc1ccc2c(c1)OCCn1cc(N3C(=O)OCC3C(F)F)nc1-2)C(N)=O. The van der Waals surface area contributed by atoms with E-state index in [4.69, 9.17) is 37.3 Å². The van der Waals surface area contributed by atoms with E-state index in [1.54, 1.807) is 34.6 Å². The molecule has 25 heteroatoms. The number of imidazole rings is 1. The van der Waals surface area contributed by atoms with E-state index >= 15 is 4.39 Å². The second kappa shape index (κ2) is 20.6. The zero-order chi connectivity index (χ0) is 51.9. The van der Waals surface area contributed by atoms with Gasteiger partial charge in [-0.3, -0.25) is 9.59 Å². The van der Waals surface area contributed by atoms with Crippen LogP contribution in [0, 0.1) is 12.7 Å². The third-order valence-corrected chi connectivity index (χ3v) is 13.2. The average molecular weight is 1030 g/mol. The number of likely N-dealkylation sites (tertiary alicyclic amines) is 1. The number of fused-ring (bicyclic) bond motifs is 4. The molecule has 3 saturated heterocycles. The van der Waals surface area contributed by atoms with Gasteiger partial charge in [-0.25, -0.2) is 32.8 Å². The van der Waals surface area contributed by atoms with E-state index in [9.17, 15) is 36.3 Å². The van der Waals surface area contributed by atoms with Crippen LogP contribution in [0.4, 0.5) is 54.3 Å². The van der Waals surface area contributed by atoms with Crippen LogP contribution in [0.3, 0.4) is 0 Å². The van der Waals surface area contributed by atoms with Gasteiger partial charge in [-0.05, 0) is 83.1 Å². The summed E-state index contributed by atoms with van der Waals surface area (Å²) in [7, 11) is 1.98. The molecule has 2 aromatic carbocycles. The van der Waals surface area contributed by atoms with Crippen LogP contribution in [0.15, 0.2) is 49.2 Å². The maximum atomic E-state index is 16.5. The smallest absolute Gasteiger partial charge is 0.418 e. The van der Waals surface area contributed by atoms with Crippen LogP contribution in [0.2, 0.25) is 5.02 Å². The van der Waals surface area contributed by atoms with Gasteiger partial charge in [-0.2, -0.15) is 23.1 Å². The Morgan fingerprint density at radius 1 is 1.08 bits per heavy atom. The van der Waals surface area contributed by atoms with Gasteiger partial charge < -0.3 is 50.3 Å². The number of pyridine rings is 1. The summed E-state index contributed by atoms with van der Waals surface area (Å²) in [5.41, 5.74) is 9.40. The second-order valence-corrected chi connectivity index (χ2v) is 18.2. The number of nitrogens with one attached hydrogen (secondary N) is 1. The van der Waals surface area contributed by atoms with Crippen molar-refractivity contribution in [3.63, 3.8) is 0 Å². The number of ether oxygens (including phenoxy) is 3. The number of piperazine rings is 1. The number of amides is 3. The van der Waals surface area contributed by atoms with Crippen LogP contribution in [0.1, 0.15) is 37.8 Å². The monoisotopic (exact) mass is 1030 g/mol. The van der Waals surface area contributed by atoms with Crippen molar-refractivity contribution in [1.82, 2.24) is 34.3 Å². The number of nitrogen functional groups attached to an aromatic ring is 1. The Morgan fingerprint density at radius 2 is 1.85 bits per heavy atom. The number of aromatic nitrogens is 5. The van der Waals surface area contributed by atoms with E-state index in [0.717, 1.165) is 30.4 Å². The summed E-state index contributed by atoms with van der Waals surface area (Å²) in [6.07, 6.45) is -3.77. The predicted molar refractivity (Wildman–Crippen MR) is 256 cm³/mol. The van der Waals surface area contributed by atoms with Crippen LogP contribution < -0.4 is 36.1 Å². The second-order valence-electron chi connectivity index (χ2n) is 17.8. The Morgan fingerprint density at radius 3 is 2.51 bits per heavy atom. The third-order valence-electron chi connectivity index (χ3n) is 12.9. The van der Waals surface area contributed by atoms with Gasteiger partial charge >= 0.3 is 18.3 Å². The van der Waals surface area contributed by atoms with Gasteiger partial charge in [0, 0.05) is 55.1 Å². The van der Waals surface area contributed by atoms with Crippen molar-refractivity contribution in [1.29, 1.82) is 0 Å². The molecular formula is C47H51ClF6N12O6. The molecule has 3 amide bonds. The number of aryl methyl sites for hydroxylation is 1. The van der Waals surface area contributed by atoms with Crippen LogP contribution in [0.5, 0.6) is 11.8 Å². The van der Waals surface area contributed by atoms with E-state index in [0.29, 0.717) is 55.6 Å². The number of benzene rings is 2. The van der Waals surface area contributed by atoms with Crippen LogP contribution in [-0.4, -0.2) is 136 Å². The van der Waals surface area contributed by atoms with Gasteiger partial charge in [0.1, 0.15) is 60.6 Å². The van der Waals surface area contributed by atoms with Crippen molar-refractivity contribution in [2.24, 2.45) is 5.73 Å². The molecular weight excluding hydrogens is 978 g/mol. The number of hydrogen-bond acceptors (Lipinski definition) is 14. The maximum absolute atomic E-state index is 16.5. The lowest BCUT2D eigenvalue weighted by Crippen LogP contribution is -2.53. The first-order valence-corrected chi connectivity index (χ1v) is 23.2. The molecule has 0 radical (unpaired) electrons. The number of nitrogens with zero attached hydrogens (tertiary/aromatic N) is 9. The highest BCUT2D eigenvalue weighted by molar-refractivity contribution is 6.34. The number of alkyl halides is 5. The highest BCUT2D eigenvalue weighted by Gasteiger charge is 2.43. The molecule has 4 aliphatic heterocycles. The van der Waals surface area contributed by atoms with Gasteiger partial charge in [0.05, 0.1) is 34.0 Å². The predicted octanol–water partition coefficient (Wildman–Crippen LogP) is 6.91. The quantitative estimate of drug-likeness (QED) is 0.0907. The molecule has 4 aliphatic rings. The molecule has 5 N–H and O–H groups in total. The minimum atomic E-state index is -4.86. The van der Waals surface area contributed by atoms with Gasteiger partial charge in [0.25, 0.3) is 6.43 Å². The summed E-state index contributed by atoms with van der Waals surface area (Å²) in [6.45, 7) is 10.8. The molecule has 7 heterocycles. The largest absolute Gasteiger partial charge is 0.491 e. The number of anilines is 4. The summed E-state index contributed by atoms with van der Waals surface area (Å²) in [4.78, 5) is 59.3. The molecule has 0 saturated carbocycles. The average Bonchev–Trinajstić information content (AvgIpc) is 4.02. The van der Waals surface area contributed by atoms with Crippen molar-refractivity contribution >= 4 is 63.6 Å². The molecule has 384 valence electrons. The molecule has 4 atom stereocenters. The lowest BCUT2D eigenvalue weighted by molar-refractivity contribution is -0.137. The topological polar surface area (TPSA) is 212 Å². The Bertz CT molecular complexity index is 2930. The molecule has 72 heavy (non-hydrogen) atoms. The molecule has 3 fully saturated rings. The molecule has 0 bridgehead atoms. The summed E-state index contributed by atoms with van der Waals surface area (Å²) in [5.74, 6) is -0.648. The fourth-order valence-corrected chi connectivity index (χ4v) is 9.42. The van der Waals surface area contributed by atoms with Gasteiger partial charge in [0.15, 0.2) is 11.6 Å². The Labute approximate surface area is 413 Å². The molecule has 0 aliphatic carbocycles. The first-order valence-electron chi connectivity index (χ1n) is 22.8. The number of rotatable bonds is 11. The minimum absolute atomic E-state index is 0.102. The van der Waals surface area contributed by atoms with E-state index in [-0.39, 0.29) is 76.2 Å². The Kier molecular flexibility index (Phi) is 14.6. The minimum Gasteiger partial charge on any atom is -0.491 e. The number of carbonyl (C=O) groups is 3. The molecule has 3 aromatic heterocycles. The lowest BCUT2D eigenvalue weighted by atomic mass is 9.99. The molecule has 4 unspecified atom stereocenters. The van der Waals surface area contributed by atoms with E-state index in [1.165, 1.54) is 25.3 Å². The molecule has 9 rings (SSSR count). The third kappa shape index (κ3) is 10.3. The van der Waals surface area contributed by atoms with Crippen molar-refractivity contribution in [3.8, 4) is 34.4 Å². The fraction of sp³-hybridized carbons (Fsp3) is 0.426. The summed E-state index contributed by atoms with van der Waals surface area (Å²) >= 11 is 6.54. The number of hydrogen-bond donors (Lipinski definition) is 3. The highest BCUT2D eigenvalue weighted by atomic mass is 35.5. The molecule has 0 spiro atoms. The lowest BCUT2D eigenvalue weighted by Gasteiger charge is -2.40. The van der Waals surface area contributed by atoms with E-state index < -0.39 is 59.3 Å². The van der Waals surface area contributed by atoms with Crippen LogP contribution in [-0.2, 0) is 27.0 Å². The van der Waals surface area contributed by atoms with Crippen LogP contribution >= 0.6 is 11.6 Å². The normalized spacial score (nSPS) is 19.5. The standard InChI is InChI=1S/C29H32ClF4N7O2.C18H19F2N5O4/c1-5-21(42)40-9-10-41(16(3)13-40)27-18-12-19(30)22(26-23(29(32,33)34)15(2)11-20(35)36-26)24(31)25(18)37-28(38-27)43-14-17-7-6-8-39(17)4;1-9(16(21)26)22-10-2-3-11-13(6-10)28-5-4-24-7-14(23-17(11)24)25-12(15(19)20)8-29-18(25)27/h5,11-12,16-17H,1,6-10,13-14H2,2-4H3,(H2,35,36);2-3,6-7,9,12,15,22H,4-5,8H2,1H3,(H2,21,26). The van der Waals surface area contributed by atoms with E-state index in [1.807, 2.05) is 18.9 Å². The van der Waals surface area contributed by atoms with Gasteiger partial charge in [-0.15, -0.1) is 0 Å². The van der Waals surface area contributed by atoms with E-state index in [2.05, 4.69) is 36.7 Å². The van der Waals surface area contributed by atoms with Gasteiger partial charge in [0.2, 0.25) is 11.8 Å².